The molecule has 1 N–H and O–H groups in total. The maximum Gasteiger partial charge on any atom is 0.220 e. The molecule has 2 aliphatic rings. The zero-order chi connectivity index (χ0) is 19.8. The molecule has 2 fully saturated rings. The number of hydrogen-bond acceptors (Lipinski definition) is 5. The molecule has 28 heavy (non-hydrogen) atoms. The van der Waals surface area contributed by atoms with Crippen LogP contribution in [0.1, 0.15) is 51.1 Å². The topological polar surface area (TPSA) is 91.0 Å². The van der Waals surface area contributed by atoms with Gasteiger partial charge in [0.1, 0.15) is 12.0 Å². The Bertz CT molecular complexity index is 706. The van der Waals surface area contributed by atoms with Gasteiger partial charge in [-0.2, -0.15) is 4.31 Å². The van der Waals surface area contributed by atoms with Crippen molar-refractivity contribution in [3.63, 3.8) is 0 Å². The lowest BCUT2D eigenvalue weighted by Crippen LogP contribution is -2.53. The SMILES string of the molecule is CCNC(=NCCC1CCCCC1)N1CCN(S(=O)(=O)Cc2ccon2)CC1. The van der Waals surface area contributed by atoms with Crippen molar-refractivity contribution >= 4 is 16.0 Å². The Hall–Kier alpha value is -1.61. The van der Waals surface area contributed by atoms with Gasteiger partial charge >= 0.3 is 0 Å². The first-order valence-electron chi connectivity index (χ1n) is 10.5. The Labute approximate surface area is 168 Å². The summed E-state index contributed by atoms with van der Waals surface area (Å²) in [5, 5.41) is 7.08. The average Bonchev–Trinajstić information content (AvgIpc) is 3.20. The summed E-state index contributed by atoms with van der Waals surface area (Å²) in [6, 6.07) is 1.59. The van der Waals surface area contributed by atoms with Gasteiger partial charge < -0.3 is 14.7 Å². The van der Waals surface area contributed by atoms with Gasteiger partial charge in [0.05, 0.1) is 5.69 Å². The van der Waals surface area contributed by atoms with Crippen LogP contribution < -0.4 is 5.32 Å². The van der Waals surface area contributed by atoms with Gasteiger partial charge in [-0.15, -0.1) is 0 Å². The molecule has 1 saturated heterocycles. The van der Waals surface area contributed by atoms with E-state index in [0.717, 1.165) is 31.4 Å². The van der Waals surface area contributed by atoms with E-state index in [-0.39, 0.29) is 5.75 Å². The van der Waals surface area contributed by atoms with Gasteiger partial charge in [-0.3, -0.25) is 4.99 Å². The van der Waals surface area contributed by atoms with Gasteiger partial charge in [0.25, 0.3) is 0 Å². The summed E-state index contributed by atoms with van der Waals surface area (Å²) in [7, 11) is -3.38. The van der Waals surface area contributed by atoms with Crippen molar-refractivity contribution in [1.29, 1.82) is 0 Å². The quantitative estimate of drug-likeness (QED) is 0.545. The van der Waals surface area contributed by atoms with Crippen LogP contribution in [0.25, 0.3) is 0 Å². The summed E-state index contributed by atoms with van der Waals surface area (Å²) in [4.78, 5) is 6.99. The van der Waals surface area contributed by atoms with E-state index in [9.17, 15) is 8.42 Å². The molecule has 1 aliphatic carbocycles. The molecule has 0 amide bonds. The molecule has 0 radical (unpaired) electrons. The fourth-order valence-electron chi connectivity index (χ4n) is 4.02. The lowest BCUT2D eigenvalue weighted by Gasteiger charge is -2.35. The van der Waals surface area contributed by atoms with E-state index < -0.39 is 10.0 Å². The van der Waals surface area contributed by atoms with Crippen LogP contribution in [-0.2, 0) is 15.8 Å². The molecule has 1 aromatic heterocycles. The third kappa shape index (κ3) is 5.94. The largest absolute Gasteiger partial charge is 0.364 e. The minimum absolute atomic E-state index is 0.112. The van der Waals surface area contributed by atoms with Crippen LogP contribution in [0.3, 0.4) is 0 Å². The van der Waals surface area contributed by atoms with Crippen molar-refractivity contribution in [2.75, 3.05) is 39.3 Å². The summed E-state index contributed by atoms with van der Waals surface area (Å²) in [6.07, 6.45) is 9.34. The number of guanidine groups is 1. The lowest BCUT2D eigenvalue weighted by atomic mass is 9.87. The number of rotatable bonds is 7. The summed E-state index contributed by atoms with van der Waals surface area (Å²) in [6.45, 7) is 5.95. The summed E-state index contributed by atoms with van der Waals surface area (Å²) >= 11 is 0. The molecular weight excluding hydrogens is 378 g/mol. The van der Waals surface area contributed by atoms with E-state index >= 15 is 0 Å². The highest BCUT2D eigenvalue weighted by Gasteiger charge is 2.29. The minimum Gasteiger partial charge on any atom is -0.364 e. The molecule has 1 aliphatic heterocycles. The van der Waals surface area contributed by atoms with E-state index in [1.165, 1.54) is 38.4 Å². The monoisotopic (exact) mass is 411 g/mol. The molecular formula is C19H33N5O3S. The second kappa shape index (κ2) is 10.2. The van der Waals surface area contributed by atoms with Crippen LogP contribution in [0.15, 0.2) is 21.8 Å². The number of nitrogens with one attached hydrogen (secondary N) is 1. The fraction of sp³-hybridized carbons (Fsp3) is 0.789. The van der Waals surface area contributed by atoms with Crippen molar-refractivity contribution < 1.29 is 12.9 Å². The highest BCUT2D eigenvalue weighted by atomic mass is 32.2. The average molecular weight is 412 g/mol. The number of piperazine rings is 1. The van der Waals surface area contributed by atoms with Crippen LogP contribution in [0.4, 0.5) is 0 Å². The third-order valence-electron chi connectivity index (χ3n) is 5.61. The maximum absolute atomic E-state index is 12.6. The number of aliphatic imine (C=N–C) groups is 1. The smallest absolute Gasteiger partial charge is 0.220 e. The highest BCUT2D eigenvalue weighted by Crippen LogP contribution is 2.26. The molecule has 0 atom stereocenters. The molecule has 9 heteroatoms. The molecule has 3 rings (SSSR count). The number of hydrogen-bond donors (Lipinski definition) is 1. The van der Waals surface area contributed by atoms with Crippen molar-refractivity contribution in [2.24, 2.45) is 10.9 Å². The standard InChI is InChI=1S/C19H33N5O3S/c1-2-20-19(21-10-8-17-6-4-3-5-7-17)23-11-13-24(14-12-23)28(25,26)16-18-9-15-27-22-18/h9,15,17H,2-8,10-14,16H2,1H3,(H,20,21). The Balaban J connectivity index is 1.51. The number of nitrogens with zero attached hydrogens (tertiary/aromatic N) is 4. The molecule has 1 saturated carbocycles. The molecule has 0 bridgehead atoms. The summed E-state index contributed by atoms with van der Waals surface area (Å²) in [5.41, 5.74) is 0.444. The van der Waals surface area contributed by atoms with Crippen molar-refractivity contribution in [3.05, 3.63) is 18.0 Å². The Morgan fingerprint density at radius 3 is 2.64 bits per heavy atom. The summed E-state index contributed by atoms with van der Waals surface area (Å²) in [5.74, 6) is 1.62. The van der Waals surface area contributed by atoms with Crippen molar-refractivity contribution in [3.8, 4) is 0 Å². The van der Waals surface area contributed by atoms with E-state index in [4.69, 9.17) is 9.52 Å². The van der Waals surface area contributed by atoms with Gasteiger partial charge in [-0.25, -0.2) is 8.42 Å². The molecule has 0 aromatic carbocycles. The lowest BCUT2D eigenvalue weighted by molar-refractivity contribution is 0.259. The van der Waals surface area contributed by atoms with E-state index in [2.05, 4.69) is 22.3 Å². The Morgan fingerprint density at radius 2 is 2.00 bits per heavy atom. The van der Waals surface area contributed by atoms with Gasteiger partial charge in [0, 0.05) is 45.3 Å². The fourth-order valence-corrected chi connectivity index (χ4v) is 5.45. The zero-order valence-corrected chi connectivity index (χ0v) is 17.7. The molecule has 1 aromatic rings. The van der Waals surface area contributed by atoms with E-state index in [0.29, 0.717) is 31.9 Å². The van der Waals surface area contributed by atoms with Crippen LogP contribution in [0.5, 0.6) is 0 Å². The Morgan fingerprint density at radius 1 is 1.25 bits per heavy atom. The second-order valence-corrected chi connectivity index (χ2v) is 9.63. The molecule has 8 nitrogen and oxygen atoms in total. The van der Waals surface area contributed by atoms with Gasteiger partial charge in [-0.05, 0) is 19.3 Å². The Kier molecular flexibility index (Phi) is 7.73. The number of sulfonamides is 1. The first kappa shape index (κ1) is 21.1. The molecule has 0 unspecified atom stereocenters. The van der Waals surface area contributed by atoms with Gasteiger partial charge in [0.15, 0.2) is 5.96 Å². The third-order valence-corrected chi connectivity index (χ3v) is 7.42. The number of aromatic nitrogens is 1. The molecule has 158 valence electrons. The van der Waals surface area contributed by atoms with Gasteiger partial charge in [0.2, 0.25) is 10.0 Å². The zero-order valence-electron chi connectivity index (χ0n) is 16.8. The predicted molar refractivity (Wildman–Crippen MR) is 109 cm³/mol. The minimum atomic E-state index is -3.38. The van der Waals surface area contributed by atoms with Crippen molar-refractivity contribution in [1.82, 2.24) is 19.7 Å². The summed E-state index contributed by atoms with van der Waals surface area (Å²) < 4.78 is 31.4. The van der Waals surface area contributed by atoms with Crippen LogP contribution in [0, 0.1) is 5.92 Å². The van der Waals surface area contributed by atoms with Crippen LogP contribution in [-0.4, -0.2) is 68.0 Å². The van der Waals surface area contributed by atoms with Crippen LogP contribution >= 0.6 is 0 Å². The maximum atomic E-state index is 12.6. The van der Waals surface area contributed by atoms with E-state index in [1.807, 2.05) is 0 Å². The molecule has 0 spiro atoms. The molecule has 2 heterocycles. The second-order valence-electron chi connectivity index (χ2n) is 7.66. The first-order valence-corrected chi connectivity index (χ1v) is 12.1. The first-order chi connectivity index (χ1) is 13.6. The highest BCUT2D eigenvalue weighted by molar-refractivity contribution is 7.88. The normalized spacial score (nSPS) is 20.5. The predicted octanol–water partition coefficient (Wildman–Crippen LogP) is 2.06. The van der Waals surface area contributed by atoms with E-state index in [1.54, 1.807) is 10.4 Å². The van der Waals surface area contributed by atoms with Gasteiger partial charge in [-0.1, -0.05) is 37.3 Å². The van der Waals surface area contributed by atoms with Crippen molar-refractivity contribution in [2.45, 2.75) is 51.2 Å². The van der Waals surface area contributed by atoms with Crippen LogP contribution in [0.2, 0.25) is 0 Å².